The Morgan fingerprint density at radius 1 is 1.10 bits per heavy atom. The molecule has 0 atom stereocenters. The number of hydrogen-bond acceptors (Lipinski definition) is 4. The first kappa shape index (κ1) is 33.4. The molecule has 0 saturated carbocycles. The molecule has 39 heavy (non-hydrogen) atoms. The summed E-state index contributed by atoms with van der Waals surface area (Å²) >= 11 is 0. The van der Waals surface area contributed by atoms with Gasteiger partial charge in [-0.2, -0.15) is 0 Å². The van der Waals surface area contributed by atoms with E-state index in [-0.39, 0.29) is 17.1 Å². The number of allylic oxidation sites excluding steroid dienone is 10. The van der Waals surface area contributed by atoms with E-state index in [1.54, 1.807) is 13.0 Å². The molecule has 0 aromatic heterocycles. The van der Waals surface area contributed by atoms with Gasteiger partial charge in [-0.3, -0.25) is 4.79 Å². The molecule has 4 N–H and O–H groups in total. The lowest BCUT2D eigenvalue weighted by Crippen LogP contribution is -2.41. The highest BCUT2D eigenvalue weighted by atomic mass is 19.1. The molecule has 1 fully saturated rings. The van der Waals surface area contributed by atoms with Crippen molar-refractivity contribution in [2.75, 3.05) is 20.1 Å². The topological polar surface area (TPSA) is 70.4 Å². The van der Waals surface area contributed by atoms with Gasteiger partial charge in [0.15, 0.2) is 0 Å². The molecule has 0 unspecified atom stereocenters. The van der Waals surface area contributed by atoms with Gasteiger partial charge in [-0.25, -0.2) is 4.39 Å². The molecule has 0 spiro atoms. The van der Waals surface area contributed by atoms with E-state index < -0.39 is 0 Å². The van der Waals surface area contributed by atoms with Crippen LogP contribution in [0.5, 0.6) is 0 Å². The molecule has 1 aromatic rings. The second-order valence-corrected chi connectivity index (χ2v) is 10.3. The number of carbonyl (C=O) groups excluding carboxylic acids is 1. The molecule has 0 radical (unpaired) electrons. The molecular formula is C33H47FN4O. The number of halogens is 1. The molecule has 5 nitrogen and oxygen atoms in total. The molecule has 1 amide bonds. The number of likely N-dealkylation sites (tertiary alicyclic amines) is 1. The fourth-order valence-corrected chi connectivity index (χ4v) is 3.87. The predicted octanol–water partition coefficient (Wildman–Crippen LogP) is 6.78. The number of piperidine rings is 1. The molecular weight excluding hydrogens is 487 g/mol. The number of amides is 1. The van der Waals surface area contributed by atoms with Crippen LogP contribution in [-0.4, -0.2) is 37.0 Å². The highest BCUT2D eigenvalue weighted by Gasteiger charge is 2.18. The first-order chi connectivity index (χ1) is 18.4. The number of benzene rings is 1. The number of nitrogens with zero attached hydrogens (tertiary/aromatic N) is 1. The highest BCUT2D eigenvalue weighted by molar-refractivity contribution is 5.95. The normalized spacial score (nSPS) is 16.1. The zero-order valence-electron chi connectivity index (χ0n) is 24.6. The summed E-state index contributed by atoms with van der Waals surface area (Å²) in [6, 6.07) is 5.99. The van der Waals surface area contributed by atoms with Gasteiger partial charge in [-0.1, -0.05) is 51.3 Å². The van der Waals surface area contributed by atoms with Crippen molar-refractivity contribution in [3.63, 3.8) is 0 Å². The Balaban J connectivity index is 0.000000525. The van der Waals surface area contributed by atoms with Crippen molar-refractivity contribution in [3.05, 3.63) is 120 Å². The third-order valence-electron chi connectivity index (χ3n) is 6.68. The lowest BCUT2D eigenvalue weighted by molar-refractivity contribution is 0.0966. The van der Waals surface area contributed by atoms with E-state index in [9.17, 15) is 9.18 Å². The first-order valence-electron chi connectivity index (χ1n) is 13.3. The zero-order chi connectivity index (χ0) is 29.6. The van der Waals surface area contributed by atoms with Gasteiger partial charge in [0.05, 0.1) is 5.82 Å². The Morgan fingerprint density at radius 2 is 1.69 bits per heavy atom. The summed E-state index contributed by atoms with van der Waals surface area (Å²) in [5.74, 6) is 0.129. The van der Waals surface area contributed by atoms with Crippen molar-refractivity contribution in [2.24, 2.45) is 11.1 Å². The van der Waals surface area contributed by atoms with Crippen molar-refractivity contribution in [2.45, 2.75) is 53.5 Å². The van der Waals surface area contributed by atoms with Crippen LogP contribution in [0.3, 0.4) is 0 Å². The van der Waals surface area contributed by atoms with Gasteiger partial charge >= 0.3 is 0 Å². The van der Waals surface area contributed by atoms with E-state index >= 15 is 0 Å². The third kappa shape index (κ3) is 11.7. The first-order valence-corrected chi connectivity index (χ1v) is 13.3. The van der Waals surface area contributed by atoms with Crippen molar-refractivity contribution >= 4 is 5.91 Å². The van der Waals surface area contributed by atoms with Crippen LogP contribution < -0.4 is 16.4 Å². The monoisotopic (exact) mass is 534 g/mol. The van der Waals surface area contributed by atoms with Crippen molar-refractivity contribution < 1.29 is 9.18 Å². The second-order valence-electron chi connectivity index (χ2n) is 10.3. The summed E-state index contributed by atoms with van der Waals surface area (Å²) in [6.07, 6.45) is 13.8. The lowest BCUT2D eigenvalue weighted by atomic mass is 9.82. The molecule has 1 aromatic carbocycles. The maximum atomic E-state index is 13.0. The van der Waals surface area contributed by atoms with Gasteiger partial charge in [0.2, 0.25) is 0 Å². The minimum Gasteiger partial charge on any atom is -0.386 e. The number of nitrogens with one attached hydrogen (secondary N) is 2. The highest BCUT2D eigenvalue weighted by Crippen LogP contribution is 2.30. The number of carbonyl (C=O) groups is 1. The Hall–Kier alpha value is -3.64. The van der Waals surface area contributed by atoms with Crippen LogP contribution in [0.4, 0.5) is 4.39 Å². The van der Waals surface area contributed by atoms with Gasteiger partial charge < -0.3 is 21.3 Å². The van der Waals surface area contributed by atoms with Crippen molar-refractivity contribution in [3.8, 4) is 0 Å². The van der Waals surface area contributed by atoms with Gasteiger partial charge in [-0.05, 0) is 107 Å². The average Bonchev–Trinajstić information content (AvgIpc) is 2.92. The Kier molecular flexibility index (Phi) is 14.0. The minimum absolute atomic E-state index is 0.208. The maximum absolute atomic E-state index is 13.0. The summed E-state index contributed by atoms with van der Waals surface area (Å²) in [6.45, 7) is 23.9. The molecule has 1 aliphatic heterocycles. The van der Waals surface area contributed by atoms with Crippen LogP contribution in [0.1, 0.15) is 57.8 Å². The molecule has 212 valence electrons. The molecule has 0 bridgehead atoms. The summed E-state index contributed by atoms with van der Waals surface area (Å²) in [4.78, 5) is 14.7. The average molecular weight is 535 g/mol. The van der Waals surface area contributed by atoms with Gasteiger partial charge in [-0.15, -0.1) is 6.58 Å². The largest absolute Gasteiger partial charge is 0.386 e. The molecule has 0 aliphatic carbocycles. The van der Waals surface area contributed by atoms with E-state index in [4.69, 9.17) is 5.73 Å². The van der Waals surface area contributed by atoms with Crippen molar-refractivity contribution in [1.82, 2.24) is 15.5 Å². The van der Waals surface area contributed by atoms with Gasteiger partial charge in [0, 0.05) is 22.7 Å². The number of hydrogen-bond donors (Lipinski definition) is 3. The fourth-order valence-electron chi connectivity index (χ4n) is 3.87. The second kappa shape index (κ2) is 16.4. The van der Waals surface area contributed by atoms with E-state index in [0.717, 1.165) is 22.5 Å². The summed E-state index contributed by atoms with van der Waals surface area (Å²) in [7, 11) is 2.16. The molecule has 1 aliphatic rings. The zero-order valence-corrected chi connectivity index (χ0v) is 24.6. The summed E-state index contributed by atoms with van der Waals surface area (Å²) in [5.41, 5.74) is 9.15. The molecule has 1 heterocycles. The number of nitrogens with two attached hydrogens (primary N) is 1. The maximum Gasteiger partial charge on any atom is 0.255 e. The van der Waals surface area contributed by atoms with E-state index in [2.05, 4.69) is 56.2 Å². The van der Waals surface area contributed by atoms with Crippen molar-refractivity contribution in [1.29, 1.82) is 0 Å². The van der Waals surface area contributed by atoms with E-state index in [1.165, 1.54) is 50.2 Å². The third-order valence-corrected chi connectivity index (χ3v) is 6.68. The SMILES string of the molecule is C/C=C(\N)NC1CCN(C)CC1.C=CC(=C)C(=C\C(=C/C)C(C)(C)C=C)/C=C(\C)NC(=O)c1ccc(F)cc1. The van der Waals surface area contributed by atoms with Crippen LogP contribution in [-0.2, 0) is 0 Å². The van der Waals surface area contributed by atoms with Gasteiger partial charge in [0.1, 0.15) is 5.82 Å². The number of rotatable bonds is 10. The van der Waals surface area contributed by atoms with Gasteiger partial charge in [0.25, 0.3) is 5.91 Å². The van der Waals surface area contributed by atoms with E-state index in [1.807, 2.05) is 44.2 Å². The Bertz CT molecular complexity index is 1110. The molecule has 2 rings (SSSR count). The molecule has 6 heteroatoms. The van der Waals surface area contributed by atoms with Crippen LogP contribution in [0.15, 0.2) is 109 Å². The van der Waals surface area contributed by atoms with Crippen LogP contribution in [0.25, 0.3) is 0 Å². The Labute approximate surface area is 235 Å². The quantitative estimate of drug-likeness (QED) is 0.229. The predicted molar refractivity (Wildman–Crippen MR) is 164 cm³/mol. The molecule has 1 saturated heterocycles. The Morgan fingerprint density at radius 3 is 2.18 bits per heavy atom. The minimum atomic E-state index is -0.380. The smallest absolute Gasteiger partial charge is 0.255 e. The standard InChI is InChI=1S/C24H28FNO.C9H19N3/c1-8-17(4)20(16-21(9-2)24(6,7)10-3)15-18(5)26-23(27)19-11-13-22(25)14-12-19;1-3-9(10)11-8-4-6-12(2)7-5-8/h8-16H,1,3-4H2,2,5-7H3,(H,26,27);3,8,11H,4-7,10H2,1-2H3/b18-15+,20-16-,21-9+;9-3+. The fraction of sp³-hybridized carbons (Fsp3) is 0.364. The lowest BCUT2D eigenvalue weighted by Gasteiger charge is -2.30. The summed E-state index contributed by atoms with van der Waals surface area (Å²) < 4.78 is 13.0. The van der Waals surface area contributed by atoms with Crippen LogP contribution >= 0.6 is 0 Å². The van der Waals surface area contributed by atoms with E-state index in [0.29, 0.717) is 17.3 Å². The van der Waals surface area contributed by atoms with Crippen LogP contribution in [0.2, 0.25) is 0 Å². The summed E-state index contributed by atoms with van der Waals surface area (Å²) in [5, 5.41) is 6.11. The van der Waals surface area contributed by atoms with Crippen LogP contribution in [0, 0.1) is 11.2 Å².